The van der Waals surface area contributed by atoms with E-state index in [0.29, 0.717) is 9.84 Å². The molecule has 0 aromatic carbocycles. The molecule has 0 spiro atoms. The van der Waals surface area contributed by atoms with Crippen LogP contribution in [0.15, 0.2) is 0 Å². The predicted octanol–water partition coefficient (Wildman–Crippen LogP) is 1.92. The first-order valence-electron chi connectivity index (χ1n) is 4.05. The Kier molecular flexibility index (Phi) is 1.85. The van der Waals surface area contributed by atoms with Crippen LogP contribution in [0.25, 0.3) is 0 Å². The Morgan fingerprint density at radius 3 is 2.45 bits per heavy atom. The van der Waals surface area contributed by atoms with Gasteiger partial charge in [0.1, 0.15) is 0 Å². The molecular formula is C8H11IO2. The number of alkyl halides is 1. The van der Waals surface area contributed by atoms with Gasteiger partial charge in [0.15, 0.2) is 0 Å². The number of aliphatic carboxylic acids is 1. The summed E-state index contributed by atoms with van der Waals surface area (Å²) in [5, 5.41) is 8.85. The molecule has 2 bridgehead atoms. The fraction of sp³-hybridized carbons (Fsp3) is 0.875. The third-order valence-electron chi connectivity index (χ3n) is 3.05. The number of carboxylic acid groups (broad SMARTS) is 1. The van der Waals surface area contributed by atoms with Gasteiger partial charge in [-0.15, -0.1) is 0 Å². The zero-order valence-corrected chi connectivity index (χ0v) is 8.32. The molecule has 0 saturated heterocycles. The number of hydrogen-bond donors (Lipinski definition) is 1. The lowest BCUT2D eigenvalue weighted by Gasteiger charge is -2.21. The molecule has 0 aromatic rings. The van der Waals surface area contributed by atoms with E-state index in [4.69, 9.17) is 5.11 Å². The van der Waals surface area contributed by atoms with Gasteiger partial charge in [0, 0.05) is 3.92 Å². The Bertz CT molecular complexity index is 193. The van der Waals surface area contributed by atoms with Crippen LogP contribution in [-0.2, 0) is 4.79 Å². The Hall–Kier alpha value is 0.200. The molecule has 3 heteroatoms. The highest BCUT2D eigenvalue weighted by atomic mass is 127. The topological polar surface area (TPSA) is 37.3 Å². The van der Waals surface area contributed by atoms with E-state index in [9.17, 15) is 4.79 Å². The van der Waals surface area contributed by atoms with Crippen LogP contribution in [0, 0.1) is 17.8 Å². The molecule has 11 heavy (non-hydrogen) atoms. The number of carbonyl (C=O) groups is 1. The summed E-state index contributed by atoms with van der Waals surface area (Å²) in [6.07, 6.45) is 3.37. The molecule has 0 radical (unpaired) electrons. The second kappa shape index (κ2) is 2.61. The molecule has 4 atom stereocenters. The summed E-state index contributed by atoms with van der Waals surface area (Å²) in [5.74, 6) is 0.621. The number of fused-ring (bicyclic) bond motifs is 2. The van der Waals surface area contributed by atoms with Gasteiger partial charge in [0.25, 0.3) is 0 Å². The summed E-state index contributed by atoms with van der Waals surface area (Å²) in [7, 11) is 0. The van der Waals surface area contributed by atoms with Crippen LogP contribution in [0.2, 0.25) is 0 Å². The molecule has 1 N–H and O–H groups in total. The van der Waals surface area contributed by atoms with Gasteiger partial charge in [0.2, 0.25) is 0 Å². The number of halogens is 1. The zero-order valence-electron chi connectivity index (χ0n) is 6.16. The molecular weight excluding hydrogens is 255 g/mol. The zero-order chi connectivity index (χ0) is 8.01. The quantitative estimate of drug-likeness (QED) is 0.581. The normalized spacial score (nSPS) is 48.1. The second-order valence-electron chi connectivity index (χ2n) is 3.70. The maximum atomic E-state index is 10.7. The highest BCUT2D eigenvalue weighted by Crippen LogP contribution is 2.51. The van der Waals surface area contributed by atoms with Crippen LogP contribution in [-0.4, -0.2) is 15.0 Å². The third kappa shape index (κ3) is 1.17. The van der Waals surface area contributed by atoms with Crippen molar-refractivity contribution < 1.29 is 9.90 Å². The lowest BCUT2D eigenvalue weighted by atomic mass is 9.89. The molecule has 0 amide bonds. The van der Waals surface area contributed by atoms with Crippen LogP contribution in [0.1, 0.15) is 19.3 Å². The summed E-state index contributed by atoms with van der Waals surface area (Å²) in [6, 6.07) is 0. The van der Waals surface area contributed by atoms with Crippen molar-refractivity contribution in [2.24, 2.45) is 17.8 Å². The van der Waals surface area contributed by atoms with Gasteiger partial charge < -0.3 is 5.11 Å². The van der Waals surface area contributed by atoms with Gasteiger partial charge >= 0.3 is 5.97 Å². The summed E-state index contributed by atoms with van der Waals surface area (Å²) in [5.41, 5.74) is 0. The van der Waals surface area contributed by atoms with E-state index in [0.717, 1.165) is 12.3 Å². The molecule has 4 unspecified atom stereocenters. The van der Waals surface area contributed by atoms with Crippen molar-refractivity contribution in [3.05, 3.63) is 0 Å². The van der Waals surface area contributed by atoms with Crippen LogP contribution in [0.3, 0.4) is 0 Å². The van der Waals surface area contributed by atoms with Gasteiger partial charge in [-0.2, -0.15) is 0 Å². The summed E-state index contributed by atoms with van der Waals surface area (Å²) < 4.78 is 0.632. The Labute approximate surface area is 79.5 Å². The second-order valence-corrected chi connectivity index (χ2v) is 5.30. The molecule has 0 heterocycles. The average molecular weight is 266 g/mol. The fourth-order valence-electron chi connectivity index (χ4n) is 2.55. The van der Waals surface area contributed by atoms with Gasteiger partial charge in [-0.25, -0.2) is 0 Å². The maximum absolute atomic E-state index is 10.7. The van der Waals surface area contributed by atoms with Gasteiger partial charge in [-0.3, -0.25) is 4.79 Å². The predicted molar refractivity (Wildman–Crippen MR) is 49.8 cm³/mol. The first-order valence-corrected chi connectivity index (χ1v) is 5.30. The Balaban J connectivity index is 2.12. The van der Waals surface area contributed by atoms with Gasteiger partial charge in [-0.05, 0) is 31.1 Å². The van der Waals surface area contributed by atoms with Crippen molar-refractivity contribution in [3.63, 3.8) is 0 Å². The van der Waals surface area contributed by atoms with E-state index >= 15 is 0 Å². The molecule has 2 fully saturated rings. The number of rotatable bonds is 1. The lowest BCUT2D eigenvalue weighted by molar-refractivity contribution is -0.143. The Morgan fingerprint density at radius 2 is 2.09 bits per heavy atom. The Morgan fingerprint density at radius 1 is 1.36 bits per heavy atom. The molecule has 0 aliphatic heterocycles. The molecule has 2 aliphatic carbocycles. The fourth-order valence-corrected chi connectivity index (χ4v) is 4.06. The molecule has 2 saturated carbocycles. The minimum Gasteiger partial charge on any atom is -0.481 e. The van der Waals surface area contributed by atoms with Crippen LogP contribution >= 0.6 is 22.6 Å². The minimum atomic E-state index is -0.570. The van der Waals surface area contributed by atoms with Crippen LogP contribution in [0.5, 0.6) is 0 Å². The molecule has 2 nitrogen and oxygen atoms in total. The van der Waals surface area contributed by atoms with Crippen molar-refractivity contribution in [2.45, 2.75) is 23.2 Å². The smallest absolute Gasteiger partial charge is 0.306 e. The summed E-state index contributed by atoms with van der Waals surface area (Å²) >= 11 is 2.41. The summed E-state index contributed by atoms with van der Waals surface area (Å²) in [6.45, 7) is 0. The molecule has 62 valence electrons. The third-order valence-corrected chi connectivity index (χ3v) is 4.48. The van der Waals surface area contributed by atoms with E-state index in [1.54, 1.807) is 0 Å². The lowest BCUT2D eigenvalue weighted by Crippen LogP contribution is -2.26. The van der Waals surface area contributed by atoms with E-state index in [1.807, 2.05) is 0 Å². The largest absolute Gasteiger partial charge is 0.481 e. The summed E-state index contributed by atoms with van der Waals surface area (Å²) in [4.78, 5) is 10.7. The average Bonchev–Trinajstić information content (AvgIpc) is 2.43. The monoisotopic (exact) mass is 266 g/mol. The molecule has 0 aromatic heterocycles. The number of carboxylic acids is 1. The molecule has 2 aliphatic rings. The van der Waals surface area contributed by atoms with Crippen molar-refractivity contribution in [3.8, 4) is 0 Å². The molecule has 2 rings (SSSR count). The van der Waals surface area contributed by atoms with Crippen molar-refractivity contribution in [2.75, 3.05) is 0 Å². The van der Waals surface area contributed by atoms with Crippen molar-refractivity contribution in [1.82, 2.24) is 0 Å². The highest BCUT2D eigenvalue weighted by molar-refractivity contribution is 14.1. The highest BCUT2D eigenvalue weighted by Gasteiger charge is 2.47. The van der Waals surface area contributed by atoms with Crippen LogP contribution in [0.4, 0.5) is 0 Å². The standard InChI is InChI=1S/C8H11IO2/c9-7-3-4-1-5(7)6(2-4)8(10)11/h4-7H,1-3H2,(H,10,11). The van der Waals surface area contributed by atoms with E-state index in [2.05, 4.69) is 22.6 Å². The van der Waals surface area contributed by atoms with E-state index in [1.165, 1.54) is 12.8 Å². The van der Waals surface area contributed by atoms with Crippen molar-refractivity contribution >= 4 is 28.6 Å². The van der Waals surface area contributed by atoms with E-state index < -0.39 is 5.97 Å². The number of hydrogen-bond acceptors (Lipinski definition) is 1. The van der Waals surface area contributed by atoms with Crippen molar-refractivity contribution in [1.29, 1.82) is 0 Å². The first kappa shape index (κ1) is 7.83. The van der Waals surface area contributed by atoms with Gasteiger partial charge in [-0.1, -0.05) is 22.6 Å². The SMILES string of the molecule is O=C(O)C1CC2CC(I)C1C2. The van der Waals surface area contributed by atoms with E-state index in [-0.39, 0.29) is 5.92 Å². The first-order chi connectivity index (χ1) is 5.18. The van der Waals surface area contributed by atoms with Crippen LogP contribution < -0.4 is 0 Å². The minimum absolute atomic E-state index is 0.0179. The van der Waals surface area contributed by atoms with Gasteiger partial charge in [0.05, 0.1) is 5.92 Å². The maximum Gasteiger partial charge on any atom is 0.306 e.